The molecule has 0 heterocycles. The first-order chi connectivity index (χ1) is 7.59. The number of hydrogen-bond donors (Lipinski definition) is 2. The summed E-state index contributed by atoms with van der Waals surface area (Å²) in [6, 6.07) is 8.74. The average molecular weight is 221 g/mol. The fourth-order valence-electron chi connectivity index (χ4n) is 1.08. The number of aliphatic carboxylic acids is 1. The summed E-state index contributed by atoms with van der Waals surface area (Å²) in [4.78, 5) is 32.2. The Balaban J connectivity index is 2.37. The van der Waals surface area contributed by atoms with Crippen LogP contribution in [-0.2, 0) is 14.4 Å². The molecule has 0 aliphatic heterocycles. The van der Waals surface area contributed by atoms with Gasteiger partial charge in [0.25, 0.3) is 0 Å². The van der Waals surface area contributed by atoms with Crippen LogP contribution in [0.25, 0.3) is 0 Å². The summed E-state index contributed by atoms with van der Waals surface area (Å²) in [7, 11) is 0. The number of anilines is 1. The molecule has 2 N–H and O–H groups in total. The Labute approximate surface area is 92.1 Å². The minimum Gasteiger partial charge on any atom is -0.476 e. The molecular formula is C11H11NO4. The highest BCUT2D eigenvalue weighted by atomic mass is 16.4. The molecule has 0 aliphatic carbocycles. The van der Waals surface area contributed by atoms with E-state index < -0.39 is 11.8 Å². The SMILES string of the molecule is O=C(CCC(=O)C(=O)O)Nc1ccccc1. The molecule has 0 spiro atoms. The molecule has 1 rings (SSSR count). The number of Topliss-reactive ketones (excluding diaryl/α,β-unsaturated/α-hetero) is 1. The summed E-state index contributed by atoms with van der Waals surface area (Å²) < 4.78 is 0. The molecule has 0 saturated heterocycles. The first-order valence-electron chi connectivity index (χ1n) is 4.70. The first-order valence-corrected chi connectivity index (χ1v) is 4.70. The van der Waals surface area contributed by atoms with Crippen molar-refractivity contribution < 1.29 is 19.5 Å². The van der Waals surface area contributed by atoms with Crippen LogP contribution in [0, 0.1) is 0 Å². The molecule has 0 unspecified atom stereocenters. The van der Waals surface area contributed by atoms with Gasteiger partial charge in [-0.2, -0.15) is 0 Å². The van der Waals surface area contributed by atoms with E-state index in [-0.39, 0.29) is 18.7 Å². The molecule has 0 radical (unpaired) electrons. The Morgan fingerprint density at radius 2 is 1.69 bits per heavy atom. The van der Waals surface area contributed by atoms with Crippen molar-refractivity contribution in [1.29, 1.82) is 0 Å². The van der Waals surface area contributed by atoms with Crippen molar-refractivity contribution in [3.05, 3.63) is 30.3 Å². The number of hydrogen-bond acceptors (Lipinski definition) is 3. The third-order valence-corrected chi connectivity index (χ3v) is 1.88. The molecule has 1 aromatic carbocycles. The molecule has 5 heteroatoms. The number of nitrogens with one attached hydrogen (secondary N) is 1. The second-order valence-corrected chi connectivity index (χ2v) is 3.14. The lowest BCUT2D eigenvalue weighted by Crippen LogP contribution is -2.17. The molecule has 1 amide bonds. The lowest BCUT2D eigenvalue weighted by Gasteiger charge is -2.03. The van der Waals surface area contributed by atoms with Crippen LogP contribution >= 0.6 is 0 Å². The average Bonchev–Trinajstić information content (AvgIpc) is 2.27. The van der Waals surface area contributed by atoms with Crippen LogP contribution in [0.5, 0.6) is 0 Å². The van der Waals surface area contributed by atoms with Crippen molar-refractivity contribution in [1.82, 2.24) is 0 Å². The van der Waals surface area contributed by atoms with Crippen molar-refractivity contribution in [2.24, 2.45) is 0 Å². The zero-order valence-corrected chi connectivity index (χ0v) is 8.47. The molecule has 0 aliphatic rings. The summed E-state index contributed by atoms with van der Waals surface area (Å²) in [5.41, 5.74) is 0.621. The number of carbonyl (C=O) groups excluding carboxylic acids is 2. The van der Waals surface area contributed by atoms with Crippen LogP contribution in [0.4, 0.5) is 5.69 Å². The zero-order valence-electron chi connectivity index (χ0n) is 8.47. The number of ketones is 1. The topological polar surface area (TPSA) is 83.5 Å². The molecule has 0 fully saturated rings. The monoisotopic (exact) mass is 221 g/mol. The van der Waals surface area contributed by atoms with Crippen LogP contribution in [-0.4, -0.2) is 22.8 Å². The lowest BCUT2D eigenvalue weighted by atomic mass is 10.2. The van der Waals surface area contributed by atoms with Crippen molar-refractivity contribution in [2.75, 3.05) is 5.32 Å². The Morgan fingerprint density at radius 3 is 2.25 bits per heavy atom. The van der Waals surface area contributed by atoms with Gasteiger partial charge in [-0.25, -0.2) is 4.79 Å². The molecule has 0 bridgehead atoms. The normalized spacial score (nSPS) is 9.50. The maximum atomic E-state index is 11.3. The molecule has 0 saturated carbocycles. The third-order valence-electron chi connectivity index (χ3n) is 1.88. The van der Waals surface area contributed by atoms with Gasteiger partial charge in [-0.1, -0.05) is 18.2 Å². The van der Waals surface area contributed by atoms with Gasteiger partial charge in [0, 0.05) is 18.5 Å². The quantitative estimate of drug-likeness (QED) is 0.728. The van der Waals surface area contributed by atoms with E-state index in [0.29, 0.717) is 5.69 Å². The second kappa shape index (κ2) is 5.65. The van der Waals surface area contributed by atoms with Gasteiger partial charge in [-0.3, -0.25) is 9.59 Å². The molecule has 5 nitrogen and oxygen atoms in total. The van der Waals surface area contributed by atoms with Crippen LogP contribution < -0.4 is 5.32 Å². The Bertz CT molecular complexity index is 400. The van der Waals surface area contributed by atoms with E-state index in [9.17, 15) is 14.4 Å². The smallest absolute Gasteiger partial charge is 0.372 e. The van der Waals surface area contributed by atoms with E-state index in [4.69, 9.17) is 5.11 Å². The minimum atomic E-state index is -1.51. The number of carboxylic acids is 1. The van der Waals surface area contributed by atoms with E-state index in [2.05, 4.69) is 5.32 Å². The minimum absolute atomic E-state index is 0.125. The van der Waals surface area contributed by atoms with Gasteiger partial charge in [0.1, 0.15) is 0 Å². The number of rotatable bonds is 5. The first kappa shape index (κ1) is 11.9. The van der Waals surface area contributed by atoms with Gasteiger partial charge in [-0.15, -0.1) is 0 Å². The number of para-hydroxylation sites is 1. The lowest BCUT2D eigenvalue weighted by molar-refractivity contribution is -0.149. The van der Waals surface area contributed by atoms with Gasteiger partial charge < -0.3 is 10.4 Å². The predicted octanol–water partition coefficient (Wildman–Crippen LogP) is 1.06. The standard InChI is InChI=1S/C11H11NO4/c13-9(11(15)16)6-7-10(14)12-8-4-2-1-3-5-8/h1-5H,6-7H2,(H,12,14)(H,15,16). The van der Waals surface area contributed by atoms with Gasteiger partial charge >= 0.3 is 5.97 Å². The van der Waals surface area contributed by atoms with Gasteiger partial charge in [0.05, 0.1) is 0 Å². The van der Waals surface area contributed by atoms with E-state index in [1.54, 1.807) is 24.3 Å². The maximum absolute atomic E-state index is 11.3. The van der Waals surface area contributed by atoms with E-state index >= 15 is 0 Å². The summed E-state index contributed by atoms with van der Waals surface area (Å²) in [5.74, 6) is -2.84. The highest BCUT2D eigenvalue weighted by Crippen LogP contribution is 2.06. The van der Waals surface area contributed by atoms with E-state index in [1.807, 2.05) is 6.07 Å². The highest BCUT2D eigenvalue weighted by Gasteiger charge is 2.13. The molecule has 84 valence electrons. The van der Waals surface area contributed by atoms with Crippen LogP contribution in [0.15, 0.2) is 30.3 Å². The van der Waals surface area contributed by atoms with Crippen LogP contribution in [0.3, 0.4) is 0 Å². The van der Waals surface area contributed by atoms with Crippen molar-refractivity contribution in [3.8, 4) is 0 Å². The summed E-state index contributed by atoms with van der Waals surface area (Å²) >= 11 is 0. The second-order valence-electron chi connectivity index (χ2n) is 3.14. The number of carboxylic acid groups (broad SMARTS) is 1. The van der Waals surface area contributed by atoms with Crippen molar-refractivity contribution >= 4 is 23.3 Å². The van der Waals surface area contributed by atoms with Gasteiger partial charge in [0.2, 0.25) is 11.7 Å². The van der Waals surface area contributed by atoms with Crippen LogP contribution in [0.1, 0.15) is 12.8 Å². The summed E-state index contributed by atoms with van der Waals surface area (Å²) in [6.07, 6.45) is -0.409. The van der Waals surface area contributed by atoms with Crippen molar-refractivity contribution in [3.63, 3.8) is 0 Å². The molecule has 16 heavy (non-hydrogen) atoms. The Morgan fingerprint density at radius 1 is 1.06 bits per heavy atom. The van der Waals surface area contributed by atoms with E-state index in [0.717, 1.165) is 0 Å². The molecular weight excluding hydrogens is 210 g/mol. The third kappa shape index (κ3) is 3.91. The zero-order chi connectivity index (χ0) is 12.0. The predicted molar refractivity (Wildman–Crippen MR) is 56.9 cm³/mol. The number of amides is 1. The number of carbonyl (C=O) groups is 3. The fraction of sp³-hybridized carbons (Fsp3) is 0.182. The molecule has 1 aromatic rings. The van der Waals surface area contributed by atoms with E-state index in [1.165, 1.54) is 0 Å². The highest BCUT2D eigenvalue weighted by molar-refractivity contribution is 6.33. The fourth-order valence-corrected chi connectivity index (χ4v) is 1.08. The Kier molecular flexibility index (Phi) is 4.20. The van der Waals surface area contributed by atoms with Crippen LogP contribution in [0.2, 0.25) is 0 Å². The number of benzene rings is 1. The van der Waals surface area contributed by atoms with Crippen molar-refractivity contribution in [2.45, 2.75) is 12.8 Å². The van der Waals surface area contributed by atoms with Gasteiger partial charge in [-0.05, 0) is 12.1 Å². The Hall–Kier alpha value is -2.17. The summed E-state index contributed by atoms with van der Waals surface area (Å²) in [5, 5.41) is 10.9. The van der Waals surface area contributed by atoms with Gasteiger partial charge in [0.15, 0.2) is 0 Å². The summed E-state index contributed by atoms with van der Waals surface area (Å²) in [6.45, 7) is 0. The molecule has 0 aromatic heterocycles. The largest absolute Gasteiger partial charge is 0.476 e. The maximum Gasteiger partial charge on any atom is 0.372 e. The molecule has 0 atom stereocenters.